The number of ether oxygens (including phenoxy) is 2. The predicted molar refractivity (Wildman–Crippen MR) is 217 cm³/mol. The number of carboxylic acids is 1. The Hall–Kier alpha value is -1.49. The van der Waals surface area contributed by atoms with Gasteiger partial charge in [0.2, 0.25) is 0 Å². The minimum Gasteiger partial charge on any atom is -0.478 e. The number of aromatic carboxylic acids is 1. The third-order valence-corrected chi connectivity index (χ3v) is 11.3. The van der Waals surface area contributed by atoms with E-state index in [1.54, 1.807) is 13.8 Å². The van der Waals surface area contributed by atoms with E-state index in [1.165, 1.54) is 144 Å². The molecule has 1 N–H and O–H groups in total. The van der Waals surface area contributed by atoms with Gasteiger partial charge < -0.3 is 14.6 Å². The van der Waals surface area contributed by atoms with Crippen molar-refractivity contribution in [2.75, 3.05) is 0 Å². The molecule has 1 aromatic carbocycles. The van der Waals surface area contributed by atoms with Crippen molar-refractivity contribution in [3.8, 4) is 11.5 Å². The van der Waals surface area contributed by atoms with Crippen molar-refractivity contribution in [1.29, 1.82) is 0 Å². The Morgan fingerprint density at radius 3 is 1.18 bits per heavy atom. The van der Waals surface area contributed by atoms with Gasteiger partial charge in [-0.1, -0.05) is 154 Å². The van der Waals surface area contributed by atoms with E-state index in [0.717, 1.165) is 46.9 Å². The van der Waals surface area contributed by atoms with Crippen LogP contribution in [-0.2, 0) is 9.59 Å². The molecule has 6 nitrogen and oxygen atoms in total. The summed E-state index contributed by atoms with van der Waals surface area (Å²) in [6.45, 7) is 7.91. The third-order valence-electron chi connectivity index (χ3n) is 8.31. The Bertz CT molecular complexity index is 1050. The maximum Gasteiger partial charge on any atom is 0.335 e. The number of carbonyl (C=O) groups excluding carboxylic acids is 2. The fraction of sp³-hybridized carbons (Fsp3) is 0.718. The highest BCUT2D eigenvalue weighted by atomic mass is 32.2. The number of thioether (sulfide) groups is 2. The molecule has 0 bridgehead atoms. The number of carboxylic acid groups (broad SMARTS) is 1. The number of thiocarbonyl (C=S) groups is 2. The molecule has 10 heteroatoms. The Morgan fingerprint density at radius 1 is 0.571 bits per heavy atom. The van der Waals surface area contributed by atoms with Gasteiger partial charge in [0.15, 0.2) is 0 Å². The lowest BCUT2D eigenvalue weighted by Gasteiger charge is -2.14. The number of hydrogen-bond acceptors (Lipinski definition) is 9. The molecule has 0 saturated heterocycles. The number of unbranched alkanes of at least 4 members (excludes halogenated alkanes) is 18. The van der Waals surface area contributed by atoms with Crippen LogP contribution in [0.25, 0.3) is 0 Å². The standard InChI is InChI=1S/C39H62O6S4/c1-5-7-9-11-13-15-17-19-21-23-25-35(46)48-30(3)38(42)44-33-27-32(37(40)41)28-34(29-33)45-39(43)31(4)49-36(47)26-24-22-20-18-16-14-12-10-8-6-2/h27-31H,5-26H2,1-4H3,(H,40,41). The molecule has 1 rings (SSSR count). The Labute approximate surface area is 316 Å². The van der Waals surface area contributed by atoms with Crippen molar-refractivity contribution in [2.24, 2.45) is 0 Å². The summed E-state index contributed by atoms with van der Waals surface area (Å²) in [5.74, 6) is -2.32. The summed E-state index contributed by atoms with van der Waals surface area (Å²) in [4.78, 5) is 37.5. The maximum absolute atomic E-state index is 12.9. The van der Waals surface area contributed by atoms with Gasteiger partial charge in [0, 0.05) is 14.5 Å². The van der Waals surface area contributed by atoms with Crippen molar-refractivity contribution in [2.45, 2.75) is 179 Å². The normalized spacial score (nSPS) is 12.3. The average molecular weight is 755 g/mol. The molecule has 0 saturated carbocycles. The molecule has 0 aromatic heterocycles. The molecule has 1 aromatic rings. The van der Waals surface area contributed by atoms with Gasteiger partial charge in [-0.05, 0) is 51.7 Å². The van der Waals surface area contributed by atoms with Gasteiger partial charge in [-0.3, -0.25) is 9.59 Å². The molecular weight excluding hydrogens is 693 g/mol. The largest absolute Gasteiger partial charge is 0.478 e. The second kappa shape index (κ2) is 29.1. The first kappa shape index (κ1) is 45.5. The molecule has 0 heterocycles. The zero-order valence-corrected chi connectivity index (χ0v) is 33.8. The van der Waals surface area contributed by atoms with E-state index in [9.17, 15) is 19.5 Å². The average Bonchev–Trinajstić information content (AvgIpc) is 3.06. The second-order valence-electron chi connectivity index (χ2n) is 13.0. The fourth-order valence-electron chi connectivity index (χ4n) is 5.33. The Morgan fingerprint density at radius 2 is 0.878 bits per heavy atom. The molecule has 0 spiro atoms. The lowest BCUT2D eigenvalue weighted by Crippen LogP contribution is -2.22. The van der Waals surface area contributed by atoms with Gasteiger partial charge in [-0.25, -0.2) is 4.79 Å². The molecule has 0 aliphatic rings. The minimum absolute atomic E-state index is 0.00227. The lowest BCUT2D eigenvalue weighted by molar-refractivity contribution is -0.133. The topological polar surface area (TPSA) is 89.9 Å². The van der Waals surface area contributed by atoms with Crippen LogP contribution >= 0.6 is 48.0 Å². The number of carbonyl (C=O) groups is 3. The van der Waals surface area contributed by atoms with Crippen LogP contribution in [0.4, 0.5) is 0 Å². The van der Waals surface area contributed by atoms with Gasteiger partial charge in [-0.2, -0.15) is 0 Å². The van der Waals surface area contributed by atoms with Crippen LogP contribution < -0.4 is 9.47 Å². The molecule has 0 amide bonds. The smallest absolute Gasteiger partial charge is 0.335 e. The molecule has 278 valence electrons. The third kappa shape index (κ3) is 23.6. The molecular formula is C39H62O6S4. The van der Waals surface area contributed by atoms with Crippen LogP contribution in [0, 0.1) is 0 Å². The van der Waals surface area contributed by atoms with E-state index < -0.39 is 28.4 Å². The fourth-order valence-corrected chi connectivity index (χ4v) is 8.09. The summed E-state index contributed by atoms with van der Waals surface area (Å²) in [5, 5.41) is 8.49. The van der Waals surface area contributed by atoms with Crippen LogP contribution in [0.1, 0.15) is 179 Å². The number of esters is 2. The van der Waals surface area contributed by atoms with Gasteiger partial charge in [0.1, 0.15) is 22.0 Å². The highest BCUT2D eigenvalue weighted by Crippen LogP contribution is 2.28. The van der Waals surface area contributed by atoms with Crippen molar-refractivity contribution >= 4 is 74.3 Å². The lowest BCUT2D eigenvalue weighted by atomic mass is 10.1. The van der Waals surface area contributed by atoms with Crippen molar-refractivity contribution in [3.05, 3.63) is 23.8 Å². The van der Waals surface area contributed by atoms with E-state index in [0.29, 0.717) is 0 Å². The van der Waals surface area contributed by atoms with E-state index in [1.807, 2.05) is 0 Å². The molecule has 2 atom stereocenters. The maximum atomic E-state index is 12.9. The summed E-state index contributed by atoms with van der Waals surface area (Å²) in [5.41, 5.74) is -0.151. The van der Waals surface area contributed by atoms with Gasteiger partial charge >= 0.3 is 17.9 Å². The Kier molecular flexibility index (Phi) is 27.1. The number of rotatable bonds is 29. The van der Waals surface area contributed by atoms with Crippen molar-refractivity contribution < 1.29 is 29.0 Å². The van der Waals surface area contributed by atoms with Crippen LogP contribution in [0.3, 0.4) is 0 Å². The first-order valence-electron chi connectivity index (χ1n) is 18.8. The molecule has 0 fully saturated rings. The zero-order chi connectivity index (χ0) is 36.3. The molecule has 0 aliphatic heterocycles. The molecule has 0 radical (unpaired) electrons. The van der Waals surface area contributed by atoms with E-state index in [2.05, 4.69) is 13.8 Å². The summed E-state index contributed by atoms with van der Waals surface area (Å²) in [6, 6.07) is 3.86. The SMILES string of the molecule is CCCCCCCCCCCCC(=S)SC(C)C(=O)Oc1cc(OC(=O)C(C)SC(=S)CCCCCCCCCCCC)cc(C(=O)O)c1. The quantitative estimate of drug-likeness (QED) is 0.0369. The first-order valence-corrected chi connectivity index (χ1v) is 21.4. The summed E-state index contributed by atoms with van der Waals surface area (Å²) < 4.78 is 12.6. The van der Waals surface area contributed by atoms with E-state index >= 15 is 0 Å². The monoisotopic (exact) mass is 754 g/mol. The first-order chi connectivity index (χ1) is 23.6. The van der Waals surface area contributed by atoms with Gasteiger partial charge in [0.25, 0.3) is 0 Å². The summed E-state index contributed by atoms with van der Waals surface area (Å²) in [7, 11) is 0. The zero-order valence-electron chi connectivity index (χ0n) is 30.6. The minimum atomic E-state index is -1.23. The van der Waals surface area contributed by atoms with Gasteiger partial charge in [0.05, 0.1) is 5.56 Å². The molecule has 2 unspecified atom stereocenters. The number of benzene rings is 1. The van der Waals surface area contributed by atoms with E-state index in [4.69, 9.17) is 33.9 Å². The van der Waals surface area contributed by atoms with E-state index in [-0.39, 0.29) is 17.1 Å². The summed E-state index contributed by atoms with van der Waals surface area (Å²) >= 11 is 13.6. The highest BCUT2D eigenvalue weighted by molar-refractivity contribution is 8.24. The van der Waals surface area contributed by atoms with Crippen molar-refractivity contribution in [1.82, 2.24) is 0 Å². The Balaban J connectivity index is 2.46. The summed E-state index contributed by atoms with van der Waals surface area (Å²) in [6.07, 6.45) is 26.5. The molecule has 0 aliphatic carbocycles. The van der Waals surface area contributed by atoms with Crippen molar-refractivity contribution in [3.63, 3.8) is 0 Å². The predicted octanol–water partition coefficient (Wildman–Crippen LogP) is 12.7. The number of hydrogen-bond donors (Lipinski definition) is 1. The van der Waals surface area contributed by atoms with Gasteiger partial charge in [-0.15, -0.1) is 23.5 Å². The molecule has 49 heavy (non-hydrogen) atoms. The highest BCUT2D eigenvalue weighted by Gasteiger charge is 2.22. The van der Waals surface area contributed by atoms with Crippen LogP contribution in [0.2, 0.25) is 0 Å². The van der Waals surface area contributed by atoms with Crippen LogP contribution in [0.15, 0.2) is 18.2 Å². The van der Waals surface area contributed by atoms with Crippen LogP contribution in [-0.4, -0.2) is 41.9 Å². The van der Waals surface area contributed by atoms with Crippen LogP contribution in [0.5, 0.6) is 11.5 Å². The second-order valence-corrected chi connectivity index (χ2v) is 17.3.